The van der Waals surface area contributed by atoms with Crippen LogP contribution in [0.1, 0.15) is 10.4 Å². The normalized spacial score (nSPS) is 11.6. The highest BCUT2D eigenvalue weighted by atomic mass is 35.5. The molecule has 1 N–H and O–H groups in total. The molecule has 0 atom stereocenters. The standard InChI is InChI=1S/C10H8ClF4NO/c11-6-1-2-7(8(12)3-6)9(17)4-16-5-10(13,14)15/h1-3,16H,4-5H2. The number of nitrogens with one attached hydrogen (secondary N) is 1. The van der Waals surface area contributed by atoms with Crippen molar-refractivity contribution in [2.75, 3.05) is 13.1 Å². The van der Waals surface area contributed by atoms with Gasteiger partial charge < -0.3 is 5.32 Å². The van der Waals surface area contributed by atoms with Crippen molar-refractivity contribution >= 4 is 17.4 Å². The molecule has 0 spiro atoms. The van der Waals surface area contributed by atoms with E-state index in [-0.39, 0.29) is 10.6 Å². The number of rotatable bonds is 4. The lowest BCUT2D eigenvalue weighted by Crippen LogP contribution is -2.33. The van der Waals surface area contributed by atoms with Crippen LogP contribution in [0, 0.1) is 5.82 Å². The van der Waals surface area contributed by atoms with Crippen LogP contribution >= 0.6 is 11.6 Å². The zero-order chi connectivity index (χ0) is 13.1. The van der Waals surface area contributed by atoms with Gasteiger partial charge in [0.15, 0.2) is 5.78 Å². The van der Waals surface area contributed by atoms with Crippen LogP contribution in [-0.4, -0.2) is 25.0 Å². The number of carbonyl (C=O) groups excluding carboxylic acids is 1. The van der Waals surface area contributed by atoms with Crippen LogP contribution in [0.25, 0.3) is 0 Å². The molecule has 0 unspecified atom stereocenters. The first-order chi connectivity index (χ1) is 7.79. The molecule has 0 heterocycles. The molecule has 0 bridgehead atoms. The Morgan fingerprint density at radius 2 is 2.00 bits per heavy atom. The number of alkyl halides is 3. The Morgan fingerprint density at radius 1 is 1.35 bits per heavy atom. The predicted molar refractivity (Wildman–Crippen MR) is 54.7 cm³/mol. The summed E-state index contributed by atoms with van der Waals surface area (Å²) >= 11 is 5.47. The lowest BCUT2D eigenvalue weighted by molar-refractivity contribution is -0.124. The molecule has 1 aromatic carbocycles. The minimum Gasteiger partial charge on any atom is -0.302 e. The minimum absolute atomic E-state index is 0.113. The summed E-state index contributed by atoms with van der Waals surface area (Å²) in [5.74, 6) is -1.61. The second-order valence-electron chi connectivity index (χ2n) is 3.27. The third-order valence-electron chi connectivity index (χ3n) is 1.84. The van der Waals surface area contributed by atoms with Gasteiger partial charge in [0.2, 0.25) is 0 Å². The predicted octanol–water partition coefficient (Wildman–Crippen LogP) is 2.81. The lowest BCUT2D eigenvalue weighted by Gasteiger charge is -2.08. The summed E-state index contributed by atoms with van der Waals surface area (Å²) in [4.78, 5) is 11.3. The molecule has 0 saturated carbocycles. The van der Waals surface area contributed by atoms with Crippen LogP contribution in [-0.2, 0) is 0 Å². The molecule has 7 heteroatoms. The van der Waals surface area contributed by atoms with Crippen LogP contribution in [0.4, 0.5) is 17.6 Å². The van der Waals surface area contributed by atoms with Gasteiger partial charge in [-0.05, 0) is 18.2 Å². The Hall–Kier alpha value is -1.14. The van der Waals surface area contributed by atoms with Gasteiger partial charge in [-0.25, -0.2) is 4.39 Å². The van der Waals surface area contributed by atoms with Gasteiger partial charge in [0.05, 0.1) is 18.7 Å². The highest BCUT2D eigenvalue weighted by Crippen LogP contribution is 2.15. The van der Waals surface area contributed by atoms with E-state index in [1.54, 1.807) is 0 Å². The molecular weight excluding hydrogens is 262 g/mol. The number of halogens is 5. The maximum absolute atomic E-state index is 13.2. The summed E-state index contributed by atoms with van der Waals surface area (Å²) in [6.45, 7) is -1.88. The Balaban J connectivity index is 2.59. The van der Waals surface area contributed by atoms with E-state index in [2.05, 4.69) is 0 Å². The summed E-state index contributed by atoms with van der Waals surface area (Å²) in [5.41, 5.74) is -0.288. The van der Waals surface area contributed by atoms with Crippen molar-refractivity contribution < 1.29 is 22.4 Å². The number of hydrogen-bond acceptors (Lipinski definition) is 2. The highest BCUT2D eigenvalue weighted by molar-refractivity contribution is 6.30. The number of benzene rings is 1. The first kappa shape index (κ1) is 13.9. The zero-order valence-electron chi connectivity index (χ0n) is 8.44. The van der Waals surface area contributed by atoms with Gasteiger partial charge in [0.25, 0.3) is 0 Å². The number of Topliss-reactive ketones (excluding diaryl/α,β-unsaturated/α-hetero) is 1. The molecule has 94 valence electrons. The van der Waals surface area contributed by atoms with Crippen LogP contribution in [0.3, 0.4) is 0 Å². The van der Waals surface area contributed by atoms with Crippen molar-refractivity contribution in [3.05, 3.63) is 34.6 Å². The van der Waals surface area contributed by atoms with Gasteiger partial charge in [0, 0.05) is 5.02 Å². The van der Waals surface area contributed by atoms with E-state index in [9.17, 15) is 22.4 Å². The lowest BCUT2D eigenvalue weighted by atomic mass is 10.1. The van der Waals surface area contributed by atoms with Crippen LogP contribution in [0.15, 0.2) is 18.2 Å². The SMILES string of the molecule is O=C(CNCC(F)(F)F)c1ccc(Cl)cc1F. The molecule has 0 aromatic heterocycles. The molecule has 17 heavy (non-hydrogen) atoms. The van der Waals surface area contributed by atoms with E-state index in [0.29, 0.717) is 0 Å². The molecule has 0 aliphatic heterocycles. The average Bonchev–Trinajstić information content (AvgIpc) is 2.15. The molecule has 0 amide bonds. The van der Waals surface area contributed by atoms with Crippen molar-refractivity contribution in [3.8, 4) is 0 Å². The molecule has 2 nitrogen and oxygen atoms in total. The summed E-state index contributed by atoms with van der Waals surface area (Å²) in [5, 5.41) is 2.00. The maximum atomic E-state index is 13.2. The van der Waals surface area contributed by atoms with Gasteiger partial charge in [0.1, 0.15) is 5.82 Å². The van der Waals surface area contributed by atoms with Gasteiger partial charge in [-0.3, -0.25) is 4.79 Å². The van der Waals surface area contributed by atoms with E-state index in [1.807, 2.05) is 5.32 Å². The summed E-state index contributed by atoms with van der Waals surface area (Å²) in [7, 11) is 0. The second kappa shape index (κ2) is 5.46. The third-order valence-corrected chi connectivity index (χ3v) is 2.08. The molecule has 1 rings (SSSR count). The molecule has 0 aliphatic carbocycles. The fourth-order valence-corrected chi connectivity index (χ4v) is 1.29. The van der Waals surface area contributed by atoms with Crippen molar-refractivity contribution in [2.45, 2.75) is 6.18 Å². The average molecular weight is 270 g/mol. The summed E-state index contributed by atoms with van der Waals surface area (Å²) in [6.07, 6.45) is -4.40. The topological polar surface area (TPSA) is 29.1 Å². The Bertz CT molecular complexity index is 419. The largest absolute Gasteiger partial charge is 0.401 e. The Morgan fingerprint density at radius 3 is 2.53 bits per heavy atom. The van der Waals surface area contributed by atoms with E-state index >= 15 is 0 Å². The van der Waals surface area contributed by atoms with Crippen molar-refractivity contribution in [1.29, 1.82) is 0 Å². The van der Waals surface area contributed by atoms with E-state index in [1.165, 1.54) is 6.07 Å². The van der Waals surface area contributed by atoms with Gasteiger partial charge >= 0.3 is 6.18 Å². The van der Waals surface area contributed by atoms with E-state index in [0.717, 1.165) is 12.1 Å². The van der Waals surface area contributed by atoms with E-state index < -0.39 is 30.9 Å². The fourth-order valence-electron chi connectivity index (χ4n) is 1.13. The second-order valence-corrected chi connectivity index (χ2v) is 3.70. The van der Waals surface area contributed by atoms with Crippen molar-refractivity contribution in [2.24, 2.45) is 0 Å². The summed E-state index contributed by atoms with van der Waals surface area (Å²) in [6, 6.07) is 3.36. The molecule has 1 aromatic rings. The van der Waals surface area contributed by atoms with Crippen molar-refractivity contribution in [3.63, 3.8) is 0 Å². The number of carbonyl (C=O) groups is 1. The van der Waals surface area contributed by atoms with Crippen molar-refractivity contribution in [1.82, 2.24) is 5.32 Å². The minimum atomic E-state index is -4.40. The maximum Gasteiger partial charge on any atom is 0.401 e. The Kier molecular flexibility index (Phi) is 4.47. The molecule has 0 aliphatic rings. The first-order valence-corrected chi connectivity index (χ1v) is 4.93. The monoisotopic (exact) mass is 269 g/mol. The van der Waals surface area contributed by atoms with Crippen LogP contribution in [0.5, 0.6) is 0 Å². The van der Waals surface area contributed by atoms with Gasteiger partial charge in [-0.2, -0.15) is 13.2 Å². The molecule has 0 fully saturated rings. The van der Waals surface area contributed by atoms with Crippen LogP contribution in [0.2, 0.25) is 5.02 Å². The van der Waals surface area contributed by atoms with Gasteiger partial charge in [-0.15, -0.1) is 0 Å². The zero-order valence-corrected chi connectivity index (χ0v) is 9.20. The van der Waals surface area contributed by atoms with E-state index in [4.69, 9.17) is 11.6 Å². The quantitative estimate of drug-likeness (QED) is 0.673. The molecule has 0 saturated heterocycles. The number of hydrogen-bond donors (Lipinski definition) is 1. The van der Waals surface area contributed by atoms with Gasteiger partial charge in [-0.1, -0.05) is 11.6 Å². The molecule has 0 radical (unpaired) electrons. The number of ketones is 1. The highest BCUT2D eigenvalue weighted by Gasteiger charge is 2.26. The smallest absolute Gasteiger partial charge is 0.302 e. The summed E-state index contributed by atoms with van der Waals surface area (Å²) < 4.78 is 48.5. The fraction of sp³-hybridized carbons (Fsp3) is 0.300. The third kappa shape index (κ3) is 4.70. The van der Waals surface area contributed by atoms with Crippen LogP contribution < -0.4 is 5.32 Å². The first-order valence-electron chi connectivity index (χ1n) is 4.55. The Labute approximate surface area is 99.6 Å². The molecular formula is C10H8ClF4NO.